The standard InChI is InChI=1S/C17H24N4O3/c1-10(22)8-13-4-3-7-21(13)11(2)16(23)18-12-5-6-14-15(9-12)20-17(24)19-14/h5-6,9-11,13,22H,3-4,7-8H2,1-2H3,(H,18,23)(H2,19,20,24). The van der Waals surface area contributed by atoms with E-state index >= 15 is 0 Å². The highest BCUT2D eigenvalue weighted by Crippen LogP contribution is 2.24. The number of nitrogens with zero attached hydrogens (tertiary/aromatic N) is 1. The van der Waals surface area contributed by atoms with Gasteiger partial charge in [0.15, 0.2) is 0 Å². The molecule has 1 saturated heterocycles. The van der Waals surface area contributed by atoms with Gasteiger partial charge >= 0.3 is 5.69 Å². The summed E-state index contributed by atoms with van der Waals surface area (Å²) in [5, 5.41) is 12.5. The lowest BCUT2D eigenvalue weighted by Crippen LogP contribution is -2.45. The molecular weight excluding hydrogens is 308 g/mol. The van der Waals surface area contributed by atoms with Gasteiger partial charge in [-0.2, -0.15) is 0 Å². The summed E-state index contributed by atoms with van der Waals surface area (Å²) in [6.45, 7) is 4.55. The van der Waals surface area contributed by atoms with Crippen LogP contribution >= 0.6 is 0 Å². The Morgan fingerprint density at radius 1 is 1.38 bits per heavy atom. The third-order valence-corrected chi connectivity index (χ3v) is 4.70. The largest absolute Gasteiger partial charge is 0.393 e. The molecular formula is C17H24N4O3. The van der Waals surface area contributed by atoms with E-state index in [0.29, 0.717) is 23.1 Å². The van der Waals surface area contributed by atoms with Gasteiger partial charge in [0.25, 0.3) is 0 Å². The van der Waals surface area contributed by atoms with Gasteiger partial charge in [0.1, 0.15) is 0 Å². The first kappa shape index (κ1) is 16.7. The third-order valence-electron chi connectivity index (χ3n) is 4.70. The van der Waals surface area contributed by atoms with Gasteiger partial charge in [0, 0.05) is 11.7 Å². The minimum absolute atomic E-state index is 0.0790. The first-order valence-corrected chi connectivity index (χ1v) is 8.41. The van der Waals surface area contributed by atoms with Crippen molar-refractivity contribution in [1.29, 1.82) is 0 Å². The van der Waals surface area contributed by atoms with Crippen LogP contribution in [0.5, 0.6) is 0 Å². The number of aromatic amines is 2. The first-order chi connectivity index (χ1) is 11.4. The van der Waals surface area contributed by atoms with Crippen LogP contribution in [0.3, 0.4) is 0 Å². The number of carbonyl (C=O) groups excluding carboxylic acids is 1. The summed E-state index contributed by atoms with van der Waals surface area (Å²) in [7, 11) is 0. The second-order valence-corrected chi connectivity index (χ2v) is 6.62. The first-order valence-electron chi connectivity index (χ1n) is 8.41. The molecule has 2 aromatic rings. The average molecular weight is 332 g/mol. The van der Waals surface area contributed by atoms with Crippen molar-refractivity contribution in [3.63, 3.8) is 0 Å². The summed E-state index contributed by atoms with van der Waals surface area (Å²) in [6.07, 6.45) is 2.39. The summed E-state index contributed by atoms with van der Waals surface area (Å²) in [5.74, 6) is -0.0790. The van der Waals surface area contributed by atoms with E-state index in [1.165, 1.54) is 0 Å². The van der Waals surface area contributed by atoms with Crippen LogP contribution in [0.4, 0.5) is 5.69 Å². The van der Waals surface area contributed by atoms with Crippen molar-refractivity contribution in [2.45, 2.75) is 51.3 Å². The zero-order valence-corrected chi connectivity index (χ0v) is 14.0. The highest BCUT2D eigenvalue weighted by Gasteiger charge is 2.32. The number of aromatic nitrogens is 2. The normalized spacial score (nSPS) is 21.0. The van der Waals surface area contributed by atoms with Crippen molar-refractivity contribution in [1.82, 2.24) is 14.9 Å². The fraction of sp³-hybridized carbons (Fsp3) is 0.529. The molecule has 7 heteroatoms. The van der Waals surface area contributed by atoms with Crippen LogP contribution in [0, 0.1) is 0 Å². The molecule has 1 fully saturated rings. The van der Waals surface area contributed by atoms with Crippen LogP contribution in [-0.4, -0.2) is 50.6 Å². The van der Waals surface area contributed by atoms with Gasteiger partial charge < -0.3 is 20.4 Å². The number of H-pyrrole nitrogens is 2. The number of aliphatic hydroxyl groups excluding tert-OH is 1. The van der Waals surface area contributed by atoms with Crippen LogP contribution in [0.1, 0.15) is 33.1 Å². The van der Waals surface area contributed by atoms with Gasteiger partial charge in [-0.15, -0.1) is 0 Å². The number of rotatable bonds is 5. The molecule has 1 aromatic heterocycles. The fourth-order valence-corrected chi connectivity index (χ4v) is 3.52. The Bertz CT molecular complexity index is 779. The van der Waals surface area contributed by atoms with Gasteiger partial charge in [-0.25, -0.2) is 4.79 Å². The van der Waals surface area contributed by atoms with E-state index < -0.39 is 0 Å². The monoisotopic (exact) mass is 332 g/mol. The van der Waals surface area contributed by atoms with Gasteiger partial charge in [-0.05, 0) is 57.9 Å². The molecule has 0 saturated carbocycles. The molecule has 2 heterocycles. The molecule has 0 aliphatic carbocycles. The van der Waals surface area contributed by atoms with E-state index in [1.54, 1.807) is 25.1 Å². The molecule has 0 radical (unpaired) electrons. The number of anilines is 1. The number of benzene rings is 1. The predicted octanol–water partition coefficient (Wildman–Crippen LogP) is 1.42. The molecule has 7 nitrogen and oxygen atoms in total. The van der Waals surface area contributed by atoms with Crippen molar-refractivity contribution in [2.24, 2.45) is 0 Å². The van der Waals surface area contributed by atoms with Gasteiger partial charge in [0.05, 0.1) is 23.2 Å². The summed E-state index contributed by atoms with van der Waals surface area (Å²) in [4.78, 5) is 31.4. The summed E-state index contributed by atoms with van der Waals surface area (Å²) < 4.78 is 0. The van der Waals surface area contributed by atoms with Crippen LogP contribution in [0.15, 0.2) is 23.0 Å². The van der Waals surface area contributed by atoms with Gasteiger partial charge in [0.2, 0.25) is 5.91 Å². The summed E-state index contributed by atoms with van der Waals surface area (Å²) in [5.41, 5.74) is 1.77. The Morgan fingerprint density at radius 3 is 2.88 bits per heavy atom. The predicted molar refractivity (Wildman–Crippen MR) is 93.0 cm³/mol. The number of nitrogens with one attached hydrogen (secondary N) is 3. The smallest absolute Gasteiger partial charge is 0.323 e. The van der Waals surface area contributed by atoms with Crippen LogP contribution in [0.25, 0.3) is 11.0 Å². The number of likely N-dealkylation sites (tertiary alicyclic amines) is 1. The summed E-state index contributed by atoms with van der Waals surface area (Å²) >= 11 is 0. The number of amides is 1. The maximum Gasteiger partial charge on any atom is 0.323 e. The summed E-state index contributed by atoms with van der Waals surface area (Å²) in [6, 6.07) is 5.26. The number of fused-ring (bicyclic) bond motifs is 1. The van der Waals surface area contributed by atoms with Crippen molar-refractivity contribution in [2.75, 3.05) is 11.9 Å². The Hall–Kier alpha value is -2.12. The second-order valence-electron chi connectivity index (χ2n) is 6.62. The third kappa shape index (κ3) is 3.52. The van der Waals surface area contributed by atoms with Crippen LogP contribution < -0.4 is 11.0 Å². The van der Waals surface area contributed by atoms with E-state index in [4.69, 9.17) is 0 Å². The Labute approximate surface area is 140 Å². The number of hydrogen-bond acceptors (Lipinski definition) is 4. The van der Waals surface area contributed by atoms with Crippen LogP contribution in [-0.2, 0) is 4.79 Å². The molecule has 130 valence electrons. The molecule has 0 spiro atoms. The van der Waals surface area contributed by atoms with E-state index in [2.05, 4.69) is 20.2 Å². The quantitative estimate of drug-likeness (QED) is 0.665. The van der Waals surface area contributed by atoms with Crippen molar-refractivity contribution < 1.29 is 9.90 Å². The molecule has 1 aliphatic heterocycles. The lowest BCUT2D eigenvalue weighted by molar-refractivity contribution is -0.121. The number of carbonyl (C=O) groups is 1. The molecule has 3 unspecified atom stereocenters. The molecule has 1 amide bonds. The minimum atomic E-state index is -0.362. The maximum absolute atomic E-state index is 12.6. The topological polar surface area (TPSA) is 101 Å². The molecule has 0 bridgehead atoms. The number of hydrogen-bond donors (Lipinski definition) is 4. The lowest BCUT2D eigenvalue weighted by atomic mass is 10.1. The Kier molecular flexibility index (Phi) is 4.73. The number of aliphatic hydroxyl groups is 1. The fourth-order valence-electron chi connectivity index (χ4n) is 3.52. The average Bonchev–Trinajstić information content (AvgIpc) is 3.10. The molecule has 24 heavy (non-hydrogen) atoms. The van der Waals surface area contributed by atoms with E-state index in [1.807, 2.05) is 6.92 Å². The van der Waals surface area contributed by atoms with Crippen molar-refractivity contribution in [3.8, 4) is 0 Å². The molecule has 1 aliphatic rings. The zero-order valence-electron chi connectivity index (χ0n) is 14.0. The van der Waals surface area contributed by atoms with E-state index in [-0.39, 0.29) is 29.8 Å². The Morgan fingerprint density at radius 2 is 2.12 bits per heavy atom. The highest BCUT2D eigenvalue weighted by atomic mass is 16.3. The van der Waals surface area contributed by atoms with Crippen molar-refractivity contribution in [3.05, 3.63) is 28.7 Å². The minimum Gasteiger partial charge on any atom is -0.393 e. The zero-order chi connectivity index (χ0) is 17.3. The van der Waals surface area contributed by atoms with E-state index in [9.17, 15) is 14.7 Å². The Balaban J connectivity index is 1.69. The molecule has 3 atom stereocenters. The van der Waals surface area contributed by atoms with Gasteiger partial charge in [-0.3, -0.25) is 9.69 Å². The number of imidazole rings is 1. The molecule has 3 rings (SSSR count). The van der Waals surface area contributed by atoms with E-state index in [0.717, 1.165) is 19.4 Å². The van der Waals surface area contributed by atoms with Gasteiger partial charge in [-0.1, -0.05) is 0 Å². The lowest BCUT2D eigenvalue weighted by Gasteiger charge is -2.30. The maximum atomic E-state index is 12.6. The van der Waals surface area contributed by atoms with Crippen LogP contribution in [0.2, 0.25) is 0 Å². The van der Waals surface area contributed by atoms with Crippen molar-refractivity contribution >= 4 is 22.6 Å². The second kappa shape index (κ2) is 6.78. The highest BCUT2D eigenvalue weighted by molar-refractivity contribution is 5.96. The molecule has 1 aromatic carbocycles. The SMILES string of the molecule is CC(O)CC1CCCN1C(C)C(=O)Nc1ccc2[nH]c(=O)[nH]c2c1. The molecule has 4 N–H and O–H groups in total.